The van der Waals surface area contributed by atoms with Crippen LogP contribution in [0.25, 0.3) is 10.9 Å². The van der Waals surface area contributed by atoms with Crippen molar-refractivity contribution in [1.29, 1.82) is 0 Å². The Hall–Kier alpha value is -5.62. The van der Waals surface area contributed by atoms with Crippen molar-refractivity contribution < 1.29 is 41.7 Å². The molecule has 0 radical (unpaired) electrons. The van der Waals surface area contributed by atoms with Gasteiger partial charge in [0, 0.05) is 22.6 Å². The normalized spacial score (nSPS) is 15.7. The van der Waals surface area contributed by atoms with E-state index in [1.807, 2.05) is 97.1 Å². The van der Waals surface area contributed by atoms with Gasteiger partial charge in [0.25, 0.3) is 0 Å². The molecule has 1 aliphatic heterocycles. The Balaban J connectivity index is 1.09. The summed E-state index contributed by atoms with van der Waals surface area (Å²) in [5.74, 6) is -1.30. The fourth-order valence-corrected chi connectivity index (χ4v) is 7.50. The SMILES string of the molecule is CC(C)(COCc1ccccc1)c1cc2cc(NC(=O)C3(c4ccc5c(c4)OC(F)(F)O5)CC3)c(F)cc2n1C[C@H](COCc1ccccc1)OCc1ccccc1. The molecule has 2 heterocycles. The fraction of sp³-hybridized carbons (Fsp3) is 0.298. The second kappa shape index (κ2) is 16.3. The first kappa shape index (κ1) is 39.2. The van der Waals surface area contributed by atoms with Crippen LogP contribution in [0.15, 0.2) is 127 Å². The van der Waals surface area contributed by atoms with Gasteiger partial charge >= 0.3 is 6.29 Å². The highest BCUT2D eigenvalue weighted by Crippen LogP contribution is 2.52. The minimum Gasteiger partial charge on any atom is -0.395 e. The molecule has 1 saturated carbocycles. The number of rotatable bonds is 17. The molecule has 2 aliphatic rings. The molecule has 6 aromatic rings. The zero-order chi connectivity index (χ0) is 40.3. The third-order valence-corrected chi connectivity index (χ3v) is 10.8. The maximum absolute atomic E-state index is 16.3. The standard InChI is InChI=1S/C47H45F3N2O6/c1-45(2,31-55-28-33-14-8-4-9-15-33)43-23-35-22-39(51-44(53)46(20-21-46)36-18-19-41-42(24-36)58-47(49,50)57-41)38(48)25-40(35)52(43)26-37(56-29-34-16-10-5-11-17-34)30-54-27-32-12-6-3-7-13-32/h3-19,22-25,37H,20-21,26-31H2,1-2H3,(H,51,53)/t37-/m1/s1. The molecule has 1 aliphatic carbocycles. The number of carbonyl (C=O) groups is 1. The molecular weight excluding hydrogens is 746 g/mol. The zero-order valence-electron chi connectivity index (χ0n) is 32.4. The summed E-state index contributed by atoms with van der Waals surface area (Å²) in [4.78, 5) is 13.9. The van der Waals surface area contributed by atoms with Gasteiger partial charge in [-0.15, -0.1) is 8.78 Å². The molecule has 1 aromatic heterocycles. The summed E-state index contributed by atoms with van der Waals surface area (Å²) in [7, 11) is 0. The summed E-state index contributed by atoms with van der Waals surface area (Å²) >= 11 is 0. The summed E-state index contributed by atoms with van der Waals surface area (Å²) in [6.45, 7) is 6.37. The van der Waals surface area contributed by atoms with Crippen molar-refractivity contribution in [2.75, 3.05) is 18.5 Å². The maximum Gasteiger partial charge on any atom is 0.586 e. The number of benzene rings is 5. The lowest BCUT2D eigenvalue weighted by Crippen LogP contribution is -2.32. The number of anilines is 1. The van der Waals surface area contributed by atoms with Crippen LogP contribution in [0.5, 0.6) is 11.5 Å². The summed E-state index contributed by atoms with van der Waals surface area (Å²) in [6.07, 6.45) is -3.27. The number of halogens is 3. The number of alkyl halides is 2. The van der Waals surface area contributed by atoms with Gasteiger partial charge in [0.05, 0.1) is 62.3 Å². The highest BCUT2D eigenvalue weighted by molar-refractivity contribution is 6.03. The first-order valence-corrected chi connectivity index (χ1v) is 19.4. The average Bonchev–Trinajstić information content (AvgIpc) is 3.87. The Morgan fingerprint density at radius 3 is 2.02 bits per heavy atom. The number of amides is 1. The predicted octanol–water partition coefficient (Wildman–Crippen LogP) is 10.1. The Kier molecular flexibility index (Phi) is 11.0. The van der Waals surface area contributed by atoms with Crippen molar-refractivity contribution in [3.8, 4) is 11.5 Å². The van der Waals surface area contributed by atoms with Crippen LogP contribution in [0.4, 0.5) is 18.9 Å². The number of ether oxygens (including phenoxy) is 5. The number of hydrogen-bond donors (Lipinski definition) is 1. The number of hydrogen-bond acceptors (Lipinski definition) is 6. The quantitative estimate of drug-likeness (QED) is 0.0992. The molecule has 8 rings (SSSR count). The fourth-order valence-electron chi connectivity index (χ4n) is 7.50. The number of nitrogens with one attached hydrogen (secondary N) is 1. The van der Waals surface area contributed by atoms with Crippen LogP contribution < -0.4 is 14.8 Å². The Morgan fingerprint density at radius 2 is 1.38 bits per heavy atom. The first-order chi connectivity index (χ1) is 28.0. The van der Waals surface area contributed by atoms with E-state index < -0.39 is 35.0 Å². The van der Waals surface area contributed by atoms with Crippen molar-refractivity contribution in [3.63, 3.8) is 0 Å². The number of aromatic nitrogens is 1. The Labute approximate surface area is 335 Å². The smallest absolute Gasteiger partial charge is 0.395 e. The highest BCUT2D eigenvalue weighted by Gasteiger charge is 2.53. The lowest BCUT2D eigenvalue weighted by Gasteiger charge is -2.29. The zero-order valence-corrected chi connectivity index (χ0v) is 32.4. The second-order valence-corrected chi connectivity index (χ2v) is 15.7. The minimum atomic E-state index is -3.78. The number of nitrogens with zero attached hydrogens (tertiary/aromatic N) is 1. The second-order valence-electron chi connectivity index (χ2n) is 15.7. The molecule has 0 spiro atoms. The van der Waals surface area contributed by atoms with Gasteiger partial charge in [-0.3, -0.25) is 4.79 Å². The lowest BCUT2D eigenvalue weighted by atomic mass is 9.90. The minimum absolute atomic E-state index is 0.0148. The maximum atomic E-state index is 16.3. The first-order valence-electron chi connectivity index (χ1n) is 19.4. The van der Waals surface area contributed by atoms with E-state index in [4.69, 9.17) is 14.2 Å². The van der Waals surface area contributed by atoms with Crippen LogP contribution in [0.1, 0.15) is 54.6 Å². The Bertz CT molecular complexity index is 2360. The molecule has 8 nitrogen and oxygen atoms in total. The predicted molar refractivity (Wildman–Crippen MR) is 214 cm³/mol. The lowest BCUT2D eigenvalue weighted by molar-refractivity contribution is -0.286. The van der Waals surface area contributed by atoms with Crippen LogP contribution in [-0.2, 0) is 56.2 Å². The van der Waals surface area contributed by atoms with E-state index in [-0.39, 0.29) is 23.8 Å². The molecule has 58 heavy (non-hydrogen) atoms. The van der Waals surface area contributed by atoms with Gasteiger partial charge in [0.1, 0.15) is 5.82 Å². The Morgan fingerprint density at radius 1 is 0.776 bits per heavy atom. The van der Waals surface area contributed by atoms with Crippen LogP contribution >= 0.6 is 0 Å². The molecule has 11 heteroatoms. The van der Waals surface area contributed by atoms with E-state index in [1.165, 1.54) is 18.2 Å². The highest BCUT2D eigenvalue weighted by atomic mass is 19.3. The van der Waals surface area contributed by atoms with E-state index in [0.29, 0.717) is 62.3 Å². The van der Waals surface area contributed by atoms with E-state index in [1.54, 1.807) is 12.1 Å². The van der Waals surface area contributed by atoms with E-state index in [2.05, 4.69) is 33.2 Å². The van der Waals surface area contributed by atoms with Gasteiger partial charge in [-0.05, 0) is 59.4 Å². The summed E-state index contributed by atoms with van der Waals surface area (Å²) in [5.41, 5.74) is 3.57. The van der Waals surface area contributed by atoms with Crippen LogP contribution in [0.2, 0.25) is 0 Å². The van der Waals surface area contributed by atoms with Crippen molar-refractivity contribution in [1.82, 2.24) is 4.57 Å². The van der Waals surface area contributed by atoms with Gasteiger partial charge in [-0.2, -0.15) is 0 Å². The van der Waals surface area contributed by atoms with Gasteiger partial charge in [0.2, 0.25) is 5.91 Å². The molecule has 300 valence electrons. The van der Waals surface area contributed by atoms with E-state index >= 15 is 4.39 Å². The van der Waals surface area contributed by atoms with Crippen LogP contribution in [0, 0.1) is 5.82 Å². The molecule has 1 atom stereocenters. The van der Waals surface area contributed by atoms with Crippen LogP contribution in [0.3, 0.4) is 0 Å². The van der Waals surface area contributed by atoms with Gasteiger partial charge < -0.3 is 33.6 Å². The molecule has 0 bridgehead atoms. The molecule has 0 saturated heterocycles. The third kappa shape index (κ3) is 8.77. The van der Waals surface area contributed by atoms with E-state index in [9.17, 15) is 13.6 Å². The van der Waals surface area contributed by atoms with Crippen molar-refractivity contribution >= 4 is 22.5 Å². The molecule has 1 N–H and O–H groups in total. The van der Waals surface area contributed by atoms with Gasteiger partial charge in [0.15, 0.2) is 11.5 Å². The number of carbonyl (C=O) groups excluding carboxylic acids is 1. The topological polar surface area (TPSA) is 80.2 Å². The molecule has 1 amide bonds. The van der Waals surface area contributed by atoms with Gasteiger partial charge in [-0.25, -0.2) is 4.39 Å². The average molecular weight is 791 g/mol. The van der Waals surface area contributed by atoms with E-state index in [0.717, 1.165) is 22.4 Å². The monoisotopic (exact) mass is 790 g/mol. The largest absolute Gasteiger partial charge is 0.586 e. The van der Waals surface area contributed by atoms with Gasteiger partial charge in [-0.1, -0.05) is 111 Å². The van der Waals surface area contributed by atoms with Crippen LogP contribution in [-0.4, -0.2) is 36.1 Å². The summed E-state index contributed by atoms with van der Waals surface area (Å²) in [5, 5.41) is 3.53. The molecule has 0 unspecified atom stereocenters. The molecular formula is C47H45F3N2O6. The van der Waals surface area contributed by atoms with Crippen molar-refractivity contribution in [3.05, 3.63) is 161 Å². The van der Waals surface area contributed by atoms with Crippen molar-refractivity contribution in [2.24, 2.45) is 0 Å². The third-order valence-electron chi connectivity index (χ3n) is 10.8. The number of fused-ring (bicyclic) bond motifs is 2. The molecule has 5 aromatic carbocycles. The summed E-state index contributed by atoms with van der Waals surface area (Å²) < 4.78 is 74.1. The molecule has 1 fully saturated rings. The van der Waals surface area contributed by atoms with Crippen molar-refractivity contribution in [2.45, 2.75) is 76.3 Å². The summed E-state index contributed by atoms with van der Waals surface area (Å²) in [6, 6.07) is 39.2.